The van der Waals surface area contributed by atoms with Gasteiger partial charge in [0.1, 0.15) is 0 Å². The third kappa shape index (κ3) is 3.78. The summed E-state index contributed by atoms with van der Waals surface area (Å²) < 4.78 is 0. The minimum absolute atomic E-state index is 0.253. The molecule has 0 aromatic heterocycles. The molecule has 1 saturated carbocycles. The van der Waals surface area contributed by atoms with E-state index < -0.39 is 0 Å². The molecule has 1 aliphatic rings. The van der Waals surface area contributed by atoms with Gasteiger partial charge < -0.3 is 5.73 Å². The van der Waals surface area contributed by atoms with Crippen molar-refractivity contribution < 1.29 is 0 Å². The Bertz CT molecular complexity index is 261. The molecular formula is C11H21N3S. The molecule has 0 amide bonds. The lowest BCUT2D eigenvalue weighted by Crippen LogP contribution is -2.32. The van der Waals surface area contributed by atoms with Crippen LogP contribution in [0.1, 0.15) is 40.0 Å². The lowest BCUT2D eigenvalue weighted by atomic mass is 9.76. The van der Waals surface area contributed by atoms with E-state index in [9.17, 15) is 0 Å². The van der Waals surface area contributed by atoms with Crippen molar-refractivity contribution in [1.82, 2.24) is 5.43 Å². The van der Waals surface area contributed by atoms with Crippen LogP contribution in [-0.4, -0.2) is 10.8 Å². The molecule has 1 aliphatic carbocycles. The van der Waals surface area contributed by atoms with Crippen LogP contribution in [0.3, 0.4) is 0 Å². The first-order valence-electron chi connectivity index (χ1n) is 5.62. The minimum Gasteiger partial charge on any atom is -0.375 e. The second kappa shape index (κ2) is 5.45. The fourth-order valence-corrected chi connectivity index (χ4v) is 2.26. The molecule has 3 nitrogen and oxygen atoms in total. The molecule has 0 aromatic carbocycles. The molecular weight excluding hydrogens is 206 g/mol. The minimum atomic E-state index is 0.253. The van der Waals surface area contributed by atoms with Gasteiger partial charge in [-0.3, -0.25) is 5.43 Å². The average Bonchev–Trinajstić information content (AvgIpc) is 2.14. The van der Waals surface area contributed by atoms with Crippen LogP contribution >= 0.6 is 12.2 Å². The molecule has 0 aromatic rings. The van der Waals surface area contributed by atoms with Crippen LogP contribution < -0.4 is 11.2 Å². The van der Waals surface area contributed by atoms with E-state index in [0.29, 0.717) is 11.8 Å². The quantitative estimate of drug-likeness (QED) is 0.562. The zero-order valence-corrected chi connectivity index (χ0v) is 10.6. The topological polar surface area (TPSA) is 50.4 Å². The number of nitrogens with one attached hydrogen (secondary N) is 1. The first kappa shape index (κ1) is 12.4. The maximum atomic E-state index is 5.38. The van der Waals surface area contributed by atoms with Crippen LogP contribution in [0.2, 0.25) is 0 Å². The Morgan fingerprint density at radius 2 is 2.20 bits per heavy atom. The molecule has 86 valence electrons. The molecule has 0 heterocycles. The van der Waals surface area contributed by atoms with Crippen molar-refractivity contribution in [1.29, 1.82) is 0 Å². The zero-order valence-electron chi connectivity index (χ0n) is 9.79. The van der Waals surface area contributed by atoms with Gasteiger partial charge in [-0.05, 0) is 43.3 Å². The Morgan fingerprint density at radius 3 is 2.73 bits per heavy atom. The highest BCUT2D eigenvalue weighted by Crippen LogP contribution is 2.30. The lowest BCUT2D eigenvalue weighted by molar-refractivity contribution is 0.363. The molecule has 4 heteroatoms. The van der Waals surface area contributed by atoms with Gasteiger partial charge in [0.2, 0.25) is 0 Å². The maximum absolute atomic E-state index is 5.38. The number of rotatable bonds is 2. The fourth-order valence-electron chi connectivity index (χ4n) is 2.21. The Morgan fingerprint density at radius 1 is 1.53 bits per heavy atom. The summed E-state index contributed by atoms with van der Waals surface area (Å²) in [7, 11) is 0. The summed E-state index contributed by atoms with van der Waals surface area (Å²) >= 11 is 4.76. The normalized spacial score (nSPS) is 29.5. The van der Waals surface area contributed by atoms with Crippen molar-refractivity contribution in [2.75, 3.05) is 0 Å². The van der Waals surface area contributed by atoms with Gasteiger partial charge in [0, 0.05) is 11.6 Å². The van der Waals surface area contributed by atoms with Crippen molar-refractivity contribution in [2.24, 2.45) is 28.6 Å². The van der Waals surface area contributed by atoms with E-state index in [1.807, 2.05) is 0 Å². The van der Waals surface area contributed by atoms with Gasteiger partial charge in [0.15, 0.2) is 5.11 Å². The fraction of sp³-hybridized carbons (Fsp3) is 0.818. The van der Waals surface area contributed by atoms with Crippen LogP contribution in [0.4, 0.5) is 0 Å². The van der Waals surface area contributed by atoms with Gasteiger partial charge in [-0.15, -0.1) is 0 Å². The molecule has 0 spiro atoms. The predicted octanol–water partition coefficient (Wildman–Crippen LogP) is 2.27. The predicted molar refractivity (Wildman–Crippen MR) is 68.7 cm³/mol. The van der Waals surface area contributed by atoms with Crippen molar-refractivity contribution in [3.63, 3.8) is 0 Å². The molecule has 0 radical (unpaired) electrons. The van der Waals surface area contributed by atoms with Gasteiger partial charge in [-0.1, -0.05) is 20.8 Å². The standard InChI is InChI=1S/C11H21N3S/c1-7(2)9-5-4-8(3)6-10(9)13-14-11(12)15/h7-9H,4-6H2,1-3H3,(H3,12,14,15). The summed E-state index contributed by atoms with van der Waals surface area (Å²) in [4.78, 5) is 0. The van der Waals surface area contributed by atoms with Gasteiger partial charge in [0.25, 0.3) is 0 Å². The Balaban J connectivity index is 2.69. The third-order valence-corrected chi connectivity index (χ3v) is 3.16. The zero-order chi connectivity index (χ0) is 11.4. The highest BCUT2D eigenvalue weighted by molar-refractivity contribution is 7.80. The molecule has 3 N–H and O–H groups in total. The van der Waals surface area contributed by atoms with Crippen LogP contribution in [0.15, 0.2) is 5.10 Å². The summed E-state index contributed by atoms with van der Waals surface area (Å²) in [5, 5.41) is 4.59. The van der Waals surface area contributed by atoms with E-state index in [0.717, 1.165) is 12.3 Å². The second-order valence-electron chi connectivity index (χ2n) is 4.82. The SMILES string of the molecule is CC1CCC(C(C)C)C(=NNC(N)=S)C1. The summed E-state index contributed by atoms with van der Waals surface area (Å²) in [6, 6.07) is 0. The van der Waals surface area contributed by atoms with Crippen LogP contribution in [0, 0.1) is 17.8 Å². The summed E-state index contributed by atoms with van der Waals surface area (Å²) in [6.45, 7) is 6.76. The second-order valence-corrected chi connectivity index (χ2v) is 5.26. The highest BCUT2D eigenvalue weighted by Gasteiger charge is 2.26. The first-order valence-corrected chi connectivity index (χ1v) is 6.03. The number of nitrogens with zero attached hydrogens (tertiary/aromatic N) is 1. The van der Waals surface area contributed by atoms with E-state index in [2.05, 4.69) is 31.3 Å². The van der Waals surface area contributed by atoms with Crippen molar-refractivity contribution in [2.45, 2.75) is 40.0 Å². The van der Waals surface area contributed by atoms with Crippen LogP contribution in [0.5, 0.6) is 0 Å². The van der Waals surface area contributed by atoms with Gasteiger partial charge in [-0.25, -0.2) is 0 Å². The van der Waals surface area contributed by atoms with Crippen molar-refractivity contribution in [3.8, 4) is 0 Å². The van der Waals surface area contributed by atoms with E-state index in [1.54, 1.807) is 0 Å². The smallest absolute Gasteiger partial charge is 0.184 e. The van der Waals surface area contributed by atoms with Gasteiger partial charge in [-0.2, -0.15) is 5.10 Å². The Labute approximate surface area is 97.5 Å². The van der Waals surface area contributed by atoms with Crippen molar-refractivity contribution >= 4 is 23.0 Å². The number of hydrogen-bond donors (Lipinski definition) is 2. The average molecular weight is 227 g/mol. The maximum Gasteiger partial charge on any atom is 0.184 e. The molecule has 2 atom stereocenters. The Hall–Kier alpha value is -0.640. The lowest BCUT2D eigenvalue weighted by Gasteiger charge is -2.30. The van der Waals surface area contributed by atoms with E-state index >= 15 is 0 Å². The molecule has 15 heavy (non-hydrogen) atoms. The first-order chi connectivity index (χ1) is 7.00. The molecule has 0 saturated heterocycles. The molecule has 0 aliphatic heterocycles. The summed E-state index contributed by atoms with van der Waals surface area (Å²) in [5.41, 5.74) is 9.33. The number of thiocarbonyl (C=S) groups is 1. The van der Waals surface area contributed by atoms with Crippen LogP contribution in [-0.2, 0) is 0 Å². The number of hydrogen-bond acceptors (Lipinski definition) is 2. The van der Waals surface area contributed by atoms with E-state index in [4.69, 9.17) is 18.0 Å². The number of hydrazone groups is 1. The molecule has 0 bridgehead atoms. The number of nitrogens with two attached hydrogens (primary N) is 1. The molecule has 1 fully saturated rings. The van der Waals surface area contributed by atoms with Crippen molar-refractivity contribution in [3.05, 3.63) is 0 Å². The summed E-state index contributed by atoms with van der Waals surface area (Å²) in [6.07, 6.45) is 3.60. The highest BCUT2D eigenvalue weighted by atomic mass is 32.1. The van der Waals surface area contributed by atoms with Crippen LogP contribution in [0.25, 0.3) is 0 Å². The largest absolute Gasteiger partial charge is 0.375 e. The monoisotopic (exact) mass is 227 g/mol. The summed E-state index contributed by atoms with van der Waals surface area (Å²) in [5.74, 6) is 1.96. The molecule has 2 unspecified atom stereocenters. The van der Waals surface area contributed by atoms with E-state index in [1.165, 1.54) is 18.6 Å². The third-order valence-electron chi connectivity index (χ3n) is 3.07. The Kier molecular flexibility index (Phi) is 4.51. The molecule has 1 rings (SSSR count). The van der Waals surface area contributed by atoms with Gasteiger partial charge in [0.05, 0.1) is 0 Å². The van der Waals surface area contributed by atoms with Gasteiger partial charge >= 0.3 is 0 Å². The van der Waals surface area contributed by atoms with E-state index in [-0.39, 0.29) is 5.11 Å².